The van der Waals surface area contributed by atoms with Gasteiger partial charge in [-0.05, 0) is 32.1 Å². The van der Waals surface area contributed by atoms with E-state index >= 15 is 0 Å². The second kappa shape index (κ2) is 6.15. The minimum Gasteiger partial charge on any atom is -0.342 e. The second-order valence-electron chi connectivity index (χ2n) is 7.38. The topological polar surface area (TPSA) is 49.3 Å². The molecule has 0 aromatic carbocycles. The molecule has 1 spiro atoms. The average Bonchev–Trinajstić information content (AvgIpc) is 3.26. The molecule has 2 fully saturated rings. The number of anilines is 1. The average molecular weight is 330 g/mol. The Morgan fingerprint density at radius 1 is 1.12 bits per heavy atom. The summed E-state index contributed by atoms with van der Waals surface area (Å²) in [6, 6.07) is 0. The molecule has 1 aliphatic carbocycles. The van der Waals surface area contributed by atoms with Crippen molar-refractivity contribution in [2.24, 2.45) is 11.3 Å². The molecular weight excluding hydrogens is 307 g/mol. The largest absolute Gasteiger partial charge is 0.342 e. The van der Waals surface area contributed by atoms with Gasteiger partial charge in [0.1, 0.15) is 0 Å². The molecule has 0 bridgehead atoms. The number of nitrogens with zero attached hydrogens (tertiary/aromatic N) is 4. The first-order chi connectivity index (χ1) is 11.7. The van der Waals surface area contributed by atoms with Crippen molar-refractivity contribution < 1.29 is 9.18 Å². The predicted octanol–water partition coefficient (Wildman–Crippen LogP) is 2.40. The number of halogens is 1. The van der Waals surface area contributed by atoms with Crippen molar-refractivity contribution in [3.8, 4) is 0 Å². The van der Waals surface area contributed by atoms with Gasteiger partial charge in [0.2, 0.25) is 11.9 Å². The Hall–Kier alpha value is -1.98. The van der Waals surface area contributed by atoms with Crippen molar-refractivity contribution in [2.45, 2.75) is 32.1 Å². The zero-order valence-corrected chi connectivity index (χ0v) is 13.8. The molecule has 2 aliphatic heterocycles. The highest BCUT2D eigenvalue weighted by Gasteiger charge is 2.44. The lowest BCUT2D eigenvalue weighted by Crippen LogP contribution is -2.46. The zero-order valence-electron chi connectivity index (χ0n) is 13.8. The second-order valence-corrected chi connectivity index (χ2v) is 7.38. The summed E-state index contributed by atoms with van der Waals surface area (Å²) in [6.45, 7) is 3.44. The normalized spacial score (nSPS) is 27.4. The van der Waals surface area contributed by atoms with Crippen LogP contribution in [0.3, 0.4) is 0 Å². The maximum absolute atomic E-state index is 13.0. The number of likely N-dealkylation sites (tertiary alicyclic amines) is 1. The molecule has 1 unspecified atom stereocenters. The van der Waals surface area contributed by atoms with Crippen molar-refractivity contribution in [1.82, 2.24) is 14.9 Å². The first-order valence-corrected chi connectivity index (χ1v) is 8.82. The molecule has 0 saturated carbocycles. The molecule has 0 N–H and O–H groups in total. The van der Waals surface area contributed by atoms with Crippen LogP contribution in [0.15, 0.2) is 24.5 Å². The lowest BCUT2D eigenvalue weighted by molar-refractivity contribution is -0.134. The van der Waals surface area contributed by atoms with Gasteiger partial charge in [-0.1, -0.05) is 12.2 Å². The van der Waals surface area contributed by atoms with E-state index in [0.717, 1.165) is 58.3 Å². The maximum Gasteiger partial charge on any atom is 0.226 e. The van der Waals surface area contributed by atoms with Gasteiger partial charge in [-0.15, -0.1) is 0 Å². The monoisotopic (exact) mass is 330 g/mol. The number of hydrogen-bond acceptors (Lipinski definition) is 4. The molecule has 24 heavy (non-hydrogen) atoms. The summed E-state index contributed by atoms with van der Waals surface area (Å²) < 4.78 is 13.0. The molecule has 4 rings (SSSR count). The third kappa shape index (κ3) is 2.89. The Labute approximate surface area is 141 Å². The Kier molecular flexibility index (Phi) is 3.98. The van der Waals surface area contributed by atoms with Crippen LogP contribution < -0.4 is 4.90 Å². The summed E-state index contributed by atoms with van der Waals surface area (Å²) in [5.41, 5.74) is 0.137. The standard InChI is InChI=1S/C18H23FN4O/c19-15-10-20-17(21-11-15)23-8-3-6-18(13-23)7-9-22(12-18)16(24)14-4-1-2-5-14/h1-2,10-11,14H,3-9,12-13H2. The maximum atomic E-state index is 13.0. The third-order valence-electron chi connectivity index (χ3n) is 5.66. The molecule has 5 nitrogen and oxygen atoms in total. The molecule has 1 amide bonds. The highest BCUT2D eigenvalue weighted by atomic mass is 19.1. The quantitative estimate of drug-likeness (QED) is 0.782. The van der Waals surface area contributed by atoms with Crippen LogP contribution in [0.25, 0.3) is 0 Å². The first kappa shape index (κ1) is 15.5. The van der Waals surface area contributed by atoms with Crippen LogP contribution in [0.1, 0.15) is 32.1 Å². The van der Waals surface area contributed by atoms with Crippen LogP contribution in [0, 0.1) is 17.2 Å². The molecule has 1 aromatic rings. The predicted molar refractivity (Wildman–Crippen MR) is 88.9 cm³/mol. The van der Waals surface area contributed by atoms with E-state index in [1.54, 1.807) is 0 Å². The van der Waals surface area contributed by atoms with Crippen molar-refractivity contribution >= 4 is 11.9 Å². The van der Waals surface area contributed by atoms with Crippen LogP contribution in [-0.4, -0.2) is 47.0 Å². The summed E-state index contributed by atoms with van der Waals surface area (Å²) in [5, 5.41) is 0. The minimum atomic E-state index is -0.409. The summed E-state index contributed by atoms with van der Waals surface area (Å²) in [4.78, 5) is 25.1. The highest BCUT2D eigenvalue weighted by molar-refractivity contribution is 5.80. The van der Waals surface area contributed by atoms with Crippen molar-refractivity contribution in [2.75, 3.05) is 31.1 Å². The van der Waals surface area contributed by atoms with Gasteiger partial charge < -0.3 is 9.80 Å². The fourth-order valence-corrected chi connectivity index (χ4v) is 4.38. The number of aromatic nitrogens is 2. The number of rotatable bonds is 2. The van der Waals surface area contributed by atoms with E-state index in [2.05, 4.69) is 31.9 Å². The Morgan fingerprint density at radius 3 is 2.62 bits per heavy atom. The Morgan fingerprint density at radius 2 is 1.88 bits per heavy atom. The van der Waals surface area contributed by atoms with E-state index in [9.17, 15) is 9.18 Å². The van der Waals surface area contributed by atoms with Gasteiger partial charge in [0, 0.05) is 37.5 Å². The number of amides is 1. The van der Waals surface area contributed by atoms with Gasteiger partial charge in [-0.3, -0.25) is 4.79 Å². The molecule has 0 radical (unpaired) electrons. The molecule has 1 aromatic heterocycles. The van der Waals surface area contributed by atoms with Crippen LogP contribution in [0.4, 0.5) is 10.3 Å². The van der Waals surface area contributed by atoms with E-state index in [0.29, 0.717) is 11.9 Å². The fourth-order valence-electron chi connectivity index (χ4n) is 4.38. The van der Waals surface area contributed by atoms with Gasteiger partial charge in [0.05, 0.1) is 12.4 Å². The van der Waals surface area contributed by atoms with Gasteiger partial charge in [0.25, 0.3) is 0 Å². The van der Waals surface area contributed by atoms with Crippen LogP contribution in [0.2, 0.25) is 0 Å². The molecule has 3 aliphatic rings. The van der Waals surface area contributed by atoms with Crippen LogP contribution in [-0.2, 0) is 4.79 Å². The van der Waals surface area contributed by atoms with Crippen molar-refractivity contribution in [3.05, 3.63) is 30.4 Å². The van der Waals surface area contributed by atoms with Crippen LogP contribution in [0.5, 0.6) is 0 Å². The zero-order chi connectivity index (χ0) is 16.6. The van der Waals surface area contributed by atoms with Gasteiger partial charge in [-0.2, -0.15) is 0 Å². The molecule has 128 valence electrons. The summed E-state index contributed by atoms with van der Waals surface area (Å²) >= 11 is 0. The Bertz CT molecular complexity index is 639. The summed E-state index contributed by atoms with van der Waals surface area (Å²) in [6.07, 6.45) is 11.7. The van der Waals surface area contributed by atoms with E-state index in [-0.39, 0.29) is 11.3 Å². The number of hydrogen-bond donors (Lipinski definition) is 0. The van der Waals surface area contributed by atoms with Gasteiger partial charge in [-0.25, -0.2) is 14.4 Å². The molecule has 2 saturated heterocycles. The van der Waals surface area contributed by atoms with Crippen molar-refractivity contribution in [1.29, 1.82) is 0 Å². The van der Waals surface area contributed by atoms with Gasteiger partial charge >= 0.3 is 0 Å². The highest BCUT2D eigenvalue weighted by Crippen LogP contribution is 2.40. The van der Waals surface area contributed by atoms with Crippen LogP contribution >= 0.6 is 0 Å². The summed E-state index contributed by atoms with van der Waals surface area (Å²) in [7, 11) is 0. The van der Waals surface area contributed by atoms with E-state index in [1.807, 2.05) is 0 Å². The fraction of sp³-hybridized carbons (Fsp3) is 0.611. The molecule has 6 heteroatoms. The van der Waals surface area contributed by atoms with E-state index < -0.39 is 5.82 Å². The SMILES string of the molecule is O=C(C1CC=CC1)N1CCC2(CCCN(c3ncc(F)cn3)C2)C1. The lowest BCUT2D eigenvalue weighted by Gasteiger charge is -2.40. The number of carbonyl (C=O) groups excluding carboxylic acids is 1. The number of carbonyl (C=O) groups is 1. The van der Waals surface area contributed by atoms with E-state index in [4.69, 9.17) is 0 Å². The van der Waals surface area contributed by atoms with E-state index in [1.165, 1.54) is 12.4 Å². The minimum absolute atomic E-state index is 0.137. The molecular formula is C18H23FN4O. The first-order valence-electron chi connectivity index (χ1n) is 8.82. The molecule has 3 heterocycles. The Balaban J connectivity index is 1.43. The van der Waals surface area contributed by atoms with Crippen molar-refractivity contribution in [3.63, 3.8) is 0 Å². The molecule has 1 atom stereocenters. The smallest absolute Gasteiger partial charge is 0.226 e. The summed E-state index contributed by atoms with van der Waals surface area (Å²) in [5.74, 6) is 0.654. The lowest BCUT2D eigenvalue weighted by atomic mass is 9.79. The number of allylic oxidation sites excluding steroid dienone is 2. The van der Waals surface area contributed by atoms with Gasteiger partial charge in [0.15, 0.2) is 5.82 Å². The number of piperidine rings is 1. The third-order valence-corrected chi connectivity index (χ3v) is 5.66.